The largest absolute Gasteiger partial charge is 0.444 e. The number of hydrogen-bond donors (Lipinski definition) is 2. The maximum absolute atomic E-state index is 5.62. The zero-order valence-corrected chi connectivity index (χ0v) is 20.3. The lowest BCUT2D eigenvalue weighted by Crippen LogP contribution is -2.38. The van der Waals surface area contributed by atoms with Crippen LogP contribution in [0.25, 0.3) is 11.5 Å². The van der Waals surface area contributed by atoms with Crippen LogP contribution in [0.5, 0.6) is 0 Å². The minimum absolute atomic E-state index is 0. The van der Waals surface area contributed by atoms with Crippen molar-refractivity contribution in [3.63, 3.8) is 0 Å². The van der Waals surface area contributed by atoms with Crippen molar-refractivity contribution in [3.05, 3.63) is 58.8 Å². The summed E-state index contributed by atoms with van der Waals surface area (Å²) in [7, 11) is 1.76. The lowest BCUT2D eigenvalue weighted by Gasteiger charge is -2.11. The molecule has 7 nitrogen and oxygen atoms in total. The van der Waals surface area contributed by atoms with Crippen LogP contribution >= 0.6 is 24.0 Å². The van der Waals surface area contributed by atoms with Crippen LogP contribution in [0.4, 0.5) is 0 Å². The smallest absolute Gasteiger partial charge is 0.226 e. The Morgan fingerprint density at radius 1 is 1.10 bits per heavy atom. The van der Waals surface area contributed by atoms with Gasteiger partial charge in [0.1, 0.15) is 12.0 Å². The van der Waals surface area contributed by atoms with Gasteiger partial charge < -0.3 is 19.6 Å². The first-order valence-corrected chi connectivity index (χ1v) is 10.1. The van der Waals surface area contributed by atoms with E-state index in [-0.39, 0.29) is 24.0 Å². The normalized spacial score (nSPS) is 11.3. The highest BCUT2D eigenvalue weighted by Gasteiger charge is 2.13. The summed E-state index contributed by atoms with van der Waals surface area (Å²) in [5.41, 5.74) is 5.23. The van der Waals surface area contributed by atoms with E-state index in [2.05, 4.69) is 58.7 Å². The van der Waals surface area contributed by atoms with Crippen molar-refractivity contribution in [3.8, 4) is 11.5 Å². The number of oxazole rings is 1. The van der Waals surface area contributed by atoms with E-state index in [1.54, 1.807) is 13.3 Å². The summed E-state index contributed by atoms with van der Waals surface area (Å²) in [6.45, 7) is 7.55. The van der Waals surface area contributed by atoms with Crippen LogP contribution in [0.15, 0.2) is 44.5 Å². The summed E-state index contributed by atoms with van der Waals surface area (Å²) in [4.78, 5) is 8.87. The molecule has 8 heteroatoms. The fraction of sp³-hybridized carbons (Fsp3) is 0.409. The minimum atomic E-state index is 0. The van der Waals surface area contributed by atoms with Crippen LogP contribution < -0.4 is 10.6 Å². The van der Waals surface area contributed by atoms with Crippen molar-refractivity contribution in [2.24, 2.45) is 4.99 Å². The second kappa shape index (κ2) is 11.7. The first-order valence-electron chi connectivity index (χ1n) is 10.1. The fourth-order valence-corrected chi connectivity index (χ4v) is 3.09. The van der Waals surface area contributed by atoms with Crippen molar-refractivity contribution >= 4 is 29.9 Å². The van der Waals surface area contributed by atoms with Gasteiger partial charge in [-0.1, -0.05) is 36.7 Å². The summed E-state index contributed by atoms with van der Waals surface area (Å²) in [6.07, 6.45) is 4.13. The number of aryl methyl sites for hydroxylation is 3. The number of nitrogens with zero attached hydrogens (tertiary/aromatic N) is 3. The molecule has 162 valence electrons. The van der Waals surface area contributed by atoms with Gasteiger partial charge in [0.05, 0.1) is 11.4 Å². The second-order valence-corrected chi connectivity index (χ2v) is 6.85. The van der Waals surface area contributed by atoms with E-state index in [0.717, 1.165) is 53.5 Å². The van der Waals surface area contributed by atoms with Crippen LogP contribution in [0, 0.1) is 6.92 Å². The first kappa shape index (κ1) is 23.9. The SMILES string of the molecule is CCc1noc(CC)c1CNC(=NC)NCCc1coc(-c2ccc(C)cc2)n1.I. The quantitative estimate of drug-likeness (QED) is 0.260. The molecular weight excluding hydrogens is 493 g/mol. The molecule has 0 saturated heterocycles. The molecule has 0 aliphatic heterocycles. The Morgan fingerprint density at radius 3 is 2.53 bits per heavy atom. The van der Waals surface area contributed by atoms with Gasteiger partial charge in [0, 0.05) is 44.1 Å². The van der Waals surface area contributed by atoms with Gasteiger partial charge in [0.25, 0.3) is 0 Å². The molecule has 0 radical (unpaired) electrons. The highest BCUT2D eigenvalue weighted by molar-refractivity contribution is 14.0. The second-order valence-electron chi connectivity index (χ2n) is 6.85. The van der Waals surface area contributed by atoms with Crippen LogP contribution in [0.2, 0.25) is 0 Å². The van der Waals surface area contributed by atoms with Gasteiger partial charge in [0.2, 0.25) is 5.89 Å². The standard InChI is InChI=1S/C22H29N5O2.HI/c1-5-19-18(20(6-2)29-27-19)13-25-22(23-4)24-12-11-17-14-28-21(26-17)16-9-7-15(3)8-10-16;/h7-10,14H,5-6,11-13H2,1-4H3,(H2,23,24,25);1H. The van der Waals surface area contributed by atoms with Gasteiger partial charge in [-0.2, -0.15) is 0 Å². The predicted molar refractivity (Wildman–Crippen MR) is 129 cm³/mol. The van der Waals surface area contributed by atoms with E-state index < -0.39 is 0 Å². The zero-order valence-electron chi connectivity index (χ0n) is 18.0. The average Bonchev–Trinajstić information content (AvgIpc) is 3.37. The van der Waals surface area contributed by atoms with Crippen molar-refractivity contribution in [1.29, 1.82) is 0 Å². The molecule has 0 atom stereocenters. The van der Waals surface area contributed by atoms with Gasteiger partial charge in [-0.15, -0.1) is 24.0 Å². The monoisotopic (exact) mass is 523 g/mol. The van der Waals surface area contributed by atoms with E-state index in [9.17, 15) is 0 Å². The molecule has 0 spiro atoms. The van der Waals surface area contributed by atoms with Crippen molar-refractivity contribution in [1.82, 2.24) is 20.8 Å². The zero-order chi connectivity index (χ0) is 20.6. The van der Waals surface area contributed by atoms with E-state index in [1.165, 1.54) is 5.56 Å². The number of nitrogens with one attached hydrogen (secondary N) is 2. The third-order valence-electron chi connectivity index (χ3n) is 4.79. The fourth-order valence-electron chi connectivity index (χ4n) is 3.09. The van der Waals surface area contributed by atoms with Crippen molar-refractivity contribution in [2.75, 3.05) is 13.6 Å². The van der Waals surface area contributed by atoms with Gasteiger partial charge in [-0.3, -0.25) is 4.99 Å². The Hall–Kier alpha value is -2.36. The summed E-state index contributed by atoms with van der Waals surface area (Å²) in [5.74, 6) is 2.31. The summed E-state index contributed by atoms with van der Waals surface area (Å²) in [5, 5.41) is 10.8. The van der Waals surface area contributed by atoms with Crippen molar-refractivity contribution < 1.29 is 8.94 Å². The number of aromatic nitrogens is 2. The molecule has 0 bridgehead atoms. The van der Waals surface area contributed by atoms with E-state index in [0.29, 0.717) is 19.0 Å². The Bertz CT molecular complexity index is 925. The van der Waals surface area contributed by atoms with E-state index in [1.807, 2.05) is 12.1 Å². The van der Waals surface area contributed by atoms with Crippen LogP contribution in [-0.2, 0) is 25.8 Å². The lowest BCUT2D eigenvalue weighted by atomic mass is 10.1. The lowest BCUT2D eigenvalue weighted by molar-refractivity contribution is 0.380. The molecule has 0 unspecified atom stereocenters. The third kappa shape index (κ3) is 6.07. The van der Waals surface area contributed by atoms with E-state index >= 15 is 0 Å². The summed E-state index contributed by atoms with van der Waals surface area (Å²) in [6, 6.07) is 8.16. The number of halogens is 1. The molecule has 0 fully saturated rings. The maximum atomic E-state index is 5.62. The average molecular weight is 523 g/mol. The minimum Gasteiger partial charge on any atom is -0.444 e. The molecule has 0 aliphatic carbocycles. The predicted octanol–water partition coefficient (Wildman–Crippen LogP) is 4.29. The summed E-state index contributed by atoms with van der Waals surface area (Å²) >= 11 is 0. The van der Waals surface area contributed by atoms with Gasteiger partial charge in [-0.25, -0.2) is 4.98 Å². The molecule has 3 rings (SSSR count). The van der Waals surface area contributed by atoms with Gasteiger partial charge in [0.15, 0.2) is 5.96 Å². The van der Waals surface area contributed by atoms with Gasteiger partial charge >= 0.3 is 0 Å². The number of rotatable bonds is 8. The molecular formula is C22H30IN5O2. The first-order chi connectivity index (χ1) is 14.1. The third-order valence-corrected chi connectivity index (χ3v) is 4.79. The number of benzene rings is 1. The molecule has 0 saturated carbocycles. The topological polar surface area (TPSA) is 88.5 Å². The molecule has 1 aromatic carbocycles. The molecule has 2 heterocycles. The molecule has 3 aromatic rings. The molecule has 0 amide bonds. The maximum Gasteiger partial charge on any atom is 0.226 e. The van der Waals surface area contributed by atoms with Crippen LogP contribution in [0.3, 0.4) is 0 Å². The van der Waals surface area contributed by atoms with E-state index in [4.69, 9.17) is 8.94 Å². The highest BCUT2D eigenvalue weighted by atomic mass is 127. The Morgan fingerprint density at radius 2 is 1.87 bits per heavy atom. The Kier molecular flexibility index (Phi) is 9.35. The Balaban J connectivity index is 0.00000320. The van der Waals surface area contributed by atoms with Gasteiger partial charge in [-0.05, 0) is 25.5 Å². The van der Waals surface area contributed by atoms with Crippen molar-refractivity contribution in [2.45, 2.75) is 46.6 Å². The molecule has 2 N–H and O–H groups in total. The number of hydrogen-bond acceptors (Lipinski definition) is 5. The highest BCUT2D eigenvalue weighted by Crippen LogP contribution is 2.19. The number of aliphatic imine (C=N–C) groups is 1. The van der Waals surface area contributed by atoms with Crippen LogP contribution in [0.1, 0.15) is 42.1 Å². The van der Waals surface area contributed by atoms with Crippen LogP contribution in [-0.4, -0.2) is 29.7 Å². The number of guanidine groups is 1. The molecule has 2 aromatic heterocycles. The summed E-state index contributed by atoms with van der Waals surface area (Å²) < 4.78 is 11.0. The molecule has 30 heavy (non-hydrogen) atoms. The molecule has 0 aliphatic rings. The Labute approximate surface area is 194 Å².